The normalized spacial score (nSPS) is 11.0. The summed E-state index contributed by atoms with van der Waals surface area (Å²) in [6.07, 6.45) is 0. The average molecular weight is 315 g/mol. The highest BCUT2D eigenvalue weighted by molar-refractivity contribution is 6.07. The van der Waals surface area contributed by atoms with Crippen LogP contribution in [-0.4, -0.2) is 12.5 Å². The Morgan fingerprint density at radius 3 is 2.39 bits per heavy atom. The van der Waals surface area contributed by atoms with Gasteiger partial charge in [0.1, 0.15) is 17.2 Å². The minimum atomic E-state index is -0.383. The Labute approximate surface area is 132 Å². The molecule has 1 aromatic heterocycles. The number of halogens is 2. The van der Waals surface area contributed by atoms with Gasteiger partial charge in [0.2, 0.25) is 0 Å². The van der Waals surface area contributed by atoms with E-state index in [9.17, 15) is 13.6 Å². The summed E-state index contributed by atoms with van der Waals surface area (Å²) in [6.45, 7) is 3.94. The molecule has 5 heteroatoms. The van der Waals surface area contributed by atoms with Crippen LogP contribution in [0.5, 0.6) is 0 Å². The summed E-state index contributed by atoms with van der Waals surface area (Å²) >= 11 is 0. The zero-order chi connectivity index (χ0) is 16.6. The van der Waals surface area contributed by atoms with Crippen LogP contribution in [0.3, 0.4) is 0 Å². The topological polar surface area (TPSA) is 33.5 Å². The van der Waals surface area contributed by atoms with Crippen molar-refractivity contribution in [1.29, 1.82) is 0 Å². The summed E-state index contributed by atoms with van der Waals surface area (Å²) in [4.78, 5) is 14.3. The van der Waals surface area contributed by atoms with Gasteiger partial charge < -0.3 is 9.32 Å². The fraction of sp³-hybridized carbons (Fsp3) is 0.167. The number of carbonyl (C=O) groups is 1. The van der Waals surface area contributed by atoms with Crippen LogP contribution in [-0.2, 0) is 0 Å². The molecule has 3 nitrogen and oxygen atoms in total. The number of rotatable bonds is 3. The number of hydrogen-bond acceptors (Lipinski definition) is 2. The molecule has 2 aromatic carbocycles. The van der Waals surface area contributed by atoms with Gasteiger partial charge in [0.25, 0.3) is 5.91 Å². The predicted molar refractivity (Wildman–Crippen MR) is 84.7 cm³/mol. The van der Waals surface area contributed by atoms with Crippen molar-refractivity contribution in [1.82, 2.24) is 0 Å². The largest absolute Gasteiger partial charge is 0.451 e. The smallest absolute Gasteiger partial charge is 0.294 e. The fourth-order valence-corrected chi connectivity index (χ4v) is 2.58. The molecule has 3 aromatic rings. The molecule has 0 radical (unpaired) electrons. The number of benzene rings is 2. The van der Waals surface area contributed by atoms with E-state index in [1.54, 1.807) is 6.92 Å². The minimum absolute atomic E-state index is 0.164. The number of aryl methyl sites for hydroxylation is 1. The zero-order valence-corrected chi connectivity index (χ0v) is 12.8. The first-order valence-electron chi connectivity index (χ1n) is 7.27. The van der Waals surface area contributed by atoms with Crippen molar-refractivity contribution in [2.45, 2.75) is 13.8 Å². The van der Waals surface area contributed by atoms with Gasteiger partial charge in [-0.3, -0.25) is 4.79 Å². The van der Waals surface area contributed by atoms with Crippen LogP contribution >= 0.6 is 0 Å². The quantitative estimate of drug-likeness (QED) is 0.703. The first-order chi connectivity index (χ1) is 11.0. The molecule has 3 rings (SSSR count). The molecule has 0 fully saturated rings. The van der Waals surface area contributed by atoms with Crippen LogP contribution in [0.2, 0.25) is 0 Å². The van der Waals surface area contributed by atoms with Gasteiger partial charge >= 0.3 is 0 Å². The Bertz CT molecular complexity index is 869. The standard InChI is InChI=1S/C18H15F2NO2/c1-3-21(14-7-4-12(19)5-8-14)18(22)17-11(2)15-10-13(20)6-9-16(15)23-17/h4-10H,3H2,1-2H3. The van der Waals surface area contributed by atoms with Crippen molar-refractivity contribution in [2.75, 3.05) is 11.4 Å². The lowest BCUT2D eigenvalue weighted by Crippen LogP contribution is -2.30. The van der Waals surface area contributed by atoms with E-state index in [-0.39, 0.29) is 23.3 Å². The van der Waals surface area contributed by atoms with Gasteiger partial charge in [-0.1, -0.05) is 0 Å². The molecule has 0 unspecified atom stereocenters. The van der Waals surface area contributed by atoms with Crippen LogP contribution in [0, 0.1) is 18.6 Å². The van der Waals surface area contributed by atoms with E-state index in [2.05, 4.69) is 0 Å². The van der Waals surface area contributed by atoms with Crippen molar-refractivity contribution in [3.05, 3.63) is 65.4 Å². The summed E-state index contributed by atoms with van der Waals surface area (Å²) in [5, 5.41) is 0.573. The Hall–Kier alpha value is -2.69. The van der Waals surface area contributed by atoms with Gasteiger partial charge in [-0.2, -0.15) is 0 Å². The van der Waals surface area contributed by atoms with E-state index in [1.807, 2.05) is 6.92 Å². The third-order valence-electron chi connectivity index (χ3n) is 3.79. The van der Waals surface area contributed by atoms with Crippen LogP contribution in [0.1, 0.15) is 23.0 Å². The molecule has 0 aliphatic rings. The molecule has 0 aliphatic carbocycles. The van der Waals surface area contributed by atoms with E-state index in [1.165, 1.54) is 47.4 Å². The zero-order valence-electron chi connectivity index (χ0n) is 12.8. The molecule has 0 spiro atoms. The molecule has 0 atom stereocenters. The Morgan fingerprint density at radius 1 is 1.09 bits per heavy atom. The third-order valence-corrected chi connectivity index (χ3v) is 3.79. The van der Waals surface area contributed by atoms with Crippen LogP contribution in [0.15, 0.2) is 46.9 Å². The van der Waals surface area contributed by atoms with E-state index < -0.39 is 0 Å². The molecule has 0 aliphatic heterocycles. The van der Waals surface area contributed by atoms with E-state index in [4.69, 9.17) is 4.42 Å². The molecular weight excluding hydrogens is 300 g/mol. The lowest BCUT2D eigenvalue weighted by atomic mass is 10.1. The van der Waals surface area contributed by atoms with E-state index in [0.29, 0.717) is 28.8 Å². The molecule has 0 bridgehead atoms. The summed E-state index contributed by atoms with van der Waals surface area (Å²) in [7, 11) is 0. The van der Waals surface area contributed by atoms with Gasteiger partial charge in [0.15, 0.2) is 5.76 Å². The van der Waals surface area contributed by atoms with Crippen molar-refractivity contribution < 1.29 is 18.0 Å². The monoisotopic (exact) mass is 315 g/mol. The predicted octanol–water partition coefficient (Wildman–Crippen LogP) is 4.69. The second-order valence-corrected chi connectivity index (χ2v) is 5.22. The van der Waals surface area contributed by atoms with Gasteiger partial charge in [-0.05, 0) is 56.3 Å². The molecule has 1 heterocycles. The first-order valence-corrected chi connectivity index (χ1v) is 7.27. The Kier molecular flexibility index (Phi) is 3.86. The molecular formula is C18H15F2NO2. The maximum atomic E-state index is 13.4. The number of amides is 1. The summed E-state index contributed by atoms with van der Waals surface area (Å²) in [6, 6.07) is 9.81. The SMILES string of the molecule is CCN(C(=O)c1oc2ccc(F)cc2c1C)c1ccc(F)cc1. The highest BCUT2D eigenvalue weighted by Crippen LogP contribution is 2.28. The molecule has 0 saturated carbocycles. The highest BCUT2D eigenvalue weighted by atomic mass is 19.1. The van der Waals surface area contributed by atoms with Gasteiger partial charge in [-0.15, -0.1) is 0 Å². The van der Waals surface area contributed by atoms with Crippen LogP contribution in [0.25, 0.3) is 11.0 Å². The molecule has 118 valence electrons. The summed E-state index contributed by atoms with van der Waals surface area (Å²) in [5.41, 5.74) is 1.62. The van der Waals surface area contributed by atoms with Gasteiger partial charge in [0.05, 0.1) is 0 Å². The lowest BCUT2D eigenvalue weighted by molar-refractivity contribution is 0.0963. The number of nitrogens with zero attached hydrogens (tertiary/aromatic N) is 1. The van der Waals surface area contributed by atoms with Crippen LogP contribution in [0.4, 0.5) is 14.5 Å². The second kappa shape index (κ2) is 5.83. The van der Waals surface area contributed by atoms with Crippen LogP contribution < -0.4 is 4.90 Å². The van der Waals surface area contributed by atoms with Crippen molar-refractivity contribution in [3.8, 4) is 0 Å². The maximum absolute atomic E-state index is 13.4. The van der Waals surface area contributed by atoms with Gasteiger partial charge in [0, 0.05) is 23.2 Å². The third kappa shape index (κ3) is 2.70. The Balaban J connectivity index is 2.04. The number of fused-ring (bicyclic) bond motifs is 1. The number of furan rings is 1. The number of anilines is 1. The number of hydrogen-bond donors (Lipinski definition) is 0. The maximum Gasteiger partial charge on any atom is 0.294 e. The minimum Gasteiger partial charge on any atom is -0.451 e. The lowest BCUT2D eigenvalue weighted by Gasteiger charge is -2.20. The highest BCUT2D eigenvalue weighted by Gasteiger charge is 2.23. The van der Waals surface area contributed by atoms with E-state index >= 15 is 0 Å². The first kappa shape index (κ1) is 15.2. The molecule has 1 amide bonds. The fourth-order valence-electron chi connectivity index (χ4n) is 2.58. The molecule has 23 heavy (non-hydrogen) atoms. The molecule has 0 saturated heterocycles. The average Bonchev–Trinajstić information content (AvgIpc) is 2.86. The van der Waals surface area contributed by atoms with Crippen molar-refractivity contribution >= 4 is 22.6 Å². The van der Waals surface area contributed by atoms with E-state index in [0.717, 1.165) is 0 Å². The number of carbonyl (C=O) groups excluding carboxylic acids is 1. The molecule has 0 N–H and O–H groups in total. The summed E-state index contributed by atoms with van der Waals surface area (Å²) in [5.74, 6) is -0.927. The van der Waals surface area contributed by atoms with Gasteiger partial charge in [-0.25, -0.2) is 8.78 Å². The van der Waals surface area contributed by atoms with Crippen molar-refractivity contribution in [2.24, 2.45) is 0 Å². The van der Waals surface area contributed by atoms with Crippen molar-refractivity contribution in [3.63, 3.8) is 0 Å². The Morgan fingerprint density at radius 2 is 1.74 bits per heavy atom. The summed E-state index contributed by atoms with van der Waals surface area (Å²) < 4.78 is 32.1. The second-order valence-electron chi connectivity index (χ2n) is 5.22.